The fourth-order valence-electron chi connectivity index (χ4n) is 5.18. The van der Waals surface area contributed by atoms with Crippen molar-refractivity contribution in [3.63, 3.8) is 0 Å². The first-order valence-electron chi connectivity index (χ1n) is 12.8. The van der Waals surface area contributed by atoms with Crippen molar-refractivity contribution < 1.29 is 4.79 Å². The quantitative estimate of drug-likeness (QED) is 0.452. The summed E-state index contributed by atoms with van der Waals surface area (Å²) in [5.41, 5.74) is 2.67. The summed E-state index contributed by atoms with van der Waals surface area (Å²) < 4.78 is 0. The minimum atomic E-state index is 0.140. The summed E-state index contributed by atoms with van der Waals surface area (Å²) in [5, 5.41) is 9.81. The van der Waals surface area contributed by atoms with E-state index in [0.29, 0.717) is 11.8 Å². The van der Waals surface area contributed by atoms with Crippen LogP contribution < -0.4 is 4.90 Å². The molecular weight excluding hydrogens is 452 g/mol. The fraction of sp³-hybridized carbons (Fsp3) is 0.414. The Labute approximate surface area is 212 Å². The van der Waals surface area contributed by atoms with Crippen molar-refractivity contribution in [1.29, 1.82) is 0 Å². The average Bonchev–Trinajstić information content (AvgIpc) is 2.91. The maximum Gasteiger partial charge on any atom is 0.225 e. The monoisotopic (exact) mass is 486 g/mol. The van der Waals surface area contributed by atoms with Crippen LogP contribution >= 0.6 is 11.8 Å². The van der Waals surface area contributed by atoms with Gasteiger partial charge in [-0.2, -0.15) is 0 Å². The third-order valence-corrected chi connectivity index (χ3v) is 8.27. The van der Waals surface area contributed by atoms with Crippen molar-refractivity contribution >= 4 is 23.5 Å². The molecule has 1 aromatic heterocycles. The third-order valence-electron chi connectivity index (χ3n) is 7.33. The molecule has 182 valence electrons. The van der Waals surface area contributed by atoms with E-state index in [2.05, 4.69) is 87.6 Å². The number of aromatic nitrogens is 2. The van der Waals surface area contributed by atoms with E-state index >= 15 is 0 Å². The van der Waals surface area contributed by atoms with E-state index in [1.54, 1.807) is 11.8 Å². The van der Waals surface area contributed by atoms with Crippen LogP contribution in [-0.2, 0) is 11.2 Å². The number of piperidine rings is 2. The number of likely N-dealkylation sites (tertiary alicyclic amines) is 1. The number of benzene rings is 2. The number of aryl methyl sites for hydroxylation is 1. The van der Waals surface area contributed by atoms with Gasteiger partial charge in [-0.25, -0.2) is 0 Å². The molecule has 1 amide bonds. The maximum atomic E-state index is 13.2. The summed E-state index contributed by atoms with van der Waals surface area (Å²) in [6.07, 6.45) is 5.14. The van der Waals surface area contributed by atoms with Crippen molar-refractivity contribution in [2.45, 2.75) is 48.9 Å². The molecule has 2 aromatic carbocycles. The van der Waals surface area contributed by atoms with E-state index in [-0.39, 0.29) is 5.92 Å². The first kappa shape index (κ1) is 23.9. The summed E-state index contributed by atoms with van der Waals surface area (Å²) in [6.45, 7) is 5.62. The molecule has 0 atom stereocenters. The van der Waals surface area contributed by atoms with E-state index in [4.69, 9.17) is 0 Å². The van der Waals surface area contributed by atoms with Crippen molar-refractivity contribution in [2.75, 3.05) is 31.1 Å². The smallest absolute Gasteiger partial charge is 0.225 e. The fourth-order valence-corrected chi connectivity index (χ4v) is 5.91. The topological polar surface area (TPSA) is 49.3 Å². The van der Waals surface area contributed by atoms with Crippen LogP contribution in [0.5, 0.6) is 0 Å². The standard InChI is InChI=1S/C29H34N4OS/c1-22-7-9-26(10-8-22)35-28-12-11-27(30-31-28)32-19-15-25(16-20-32)29(34)33-17-13-24(14-18-33)21-23-5-3-2-4-6-23/h2-12,24-25H,13-21H2,1H3. The minimum absolute atomic E-state index is 0.140. The van der Waals surface area contributed by atoms with Gasteiger partial charge in [-0.15, -0.1) is 10.2 Å². The molecule has 5 rings (SSSR count). The van der Waals surface area contributed by atoms with Gasteiger partial charge in [0.15, 0.2) is 5.82 Å². The van der Waals surface area contributed by atoms with Gasteiger partial charge in [0.05, 0.1) is 0 Å². The first-order chi connectivity index (χ1) is 17.1. The second-order valence-corrected chi connectivity index (χ2v) is 11.0. The second-order valence-electron chi connectivity index (χ2n) is 9.86. The van der Waals surface area contributed by atoms with E-state index < -0.39 is 0 Å². The SMILES string of the molecule is Cc1ccc(Sc2ccc(N3CCC(C(=O)N4CCC(Cc5ccccc5)CC4)CC3)nn2)cc1. The number of anilines is 1. The van der Waals surface area contributed by atoms with Gasteiger partial charge >= 0.3 is 0 Å². The van der Waals surface area contributed by atoms with Crippen LogP contribution in [0.2, 0.25) is 0 Å². The molecule has 2 aliphatic rings. The number of amides is 1. The first-order valence-corrected chi connectivity index (χ1v) is 13.6. The Hall–Kier alpha value is -2.86. The Bertz CT molecular complexity index is 1090. The lowest BCUT2D eigenvalue weighted by atomic mass is 9.88. The maximum absolute atomic E-state index is 13.2. The van der Waals surface area contributed by atoms with Crippen LogP contribution in [0.3, 0.4) is 0 Å². The zero-order valence-corrected chi connectivity index (χ0v) is 21.3. The molecule has 2 fully saturated rings. The highest BCUT2D eigenvalue weighted by molar-refractivity contribution is 7.99. The zero-order valence-electron chi connectivity index (χ0n) is 20.5. The number of hydrogen-bond donors (Lipinski definition) is 0. The summed E-state index contributed by atoms with van der Waals surface area (Å²) in [5.74, 6) is 2.10. The number of carbonyl (C=O) groups excluding carboxylic acids is 1. The van der Waals surface area contributed by atoms with Gasteiger partial charge < -0.3 is 9.80 Å². The van der Waals surface area contributed by atoms with E-state index in [9.17, 15) is 4.79 Å². The molecule has 0 saturated carbocycles. The highest BCUT2D eigenvalue weighted by Crippen LogP contribution is 2.29. The van der Waals surface area contributed by atoms with Gasteiger partial charge in [-0.05, 0) is 74.8 Å². The van der Waals surface area contributed by atoms with Crippen molar-refractivity contribution in [1.82, 2.24) is 15.1 Å². The van der Waals surface area contributed by atoms with Crippen LogP contribution in [-0.4, -0.2) is 47.2 Å². The van der Waals surface area contributed by atoms with Crippen LogP contribution in [0, 0.1) is 18.8 Å². The van der Waals surface area contributed by atoms with Crippen LogP contribution in [0.25, 0.3) is 0 Å². The summed E-state index contributed by atoms with van der Waals surface area (Å²) in [4.78, 5) is 18.7. The Kier molecular flexibility index (Phi) is 7.67. The molecule has 0 radical (unpaired) electrons. The zero-order chi connectivity index (χ0) is 24.0. The van der Waals surface area contributed by atoms with Crippen molar-refractivity contribution in [2.24, 2.45) is 11.8 Å². The molecule has 2 saturated heterocycles. The Balaban J connectivity index is 1.07. The van der Waals surface area contributed by atoms with Gasteiger partial charge in [0.2, 0.25) is 5.91 Å². The van der Waals surface area contributed by atoms with E-state index in [0.717, 1.165) is 69.1 Å². The van der Waals surface area contributed by atoms with Gasteiger partial charge in [0, 0.05) is 37.0 Å². The molecule has 35 heavy (non-hydrogen) atoms. The van der Waals surface area contributed by atoms with Crippen LogP contribution in [0.15, 0.2) is 76.7 Å². The number of nitrogens with zero attached hydrogens (tertiary/aromatic N) is 4. The lowest BCUT2D eigenvalue weighted by Crippen LogP contribution is -2.45. The second kappa shape index (κ2) is 11.3. The van der Waals surface area contributed by atoms with Crippen molar-refractivity contribution in [3.8, 4) is 0 Å². The number of rotatable bonds is 6. The predicted molar refractivity (Wildman–Crippen MR) is 142 cm³/mol. The average molecular weight is 487 g/mol. The van der Waals surface area contributed by atoms with Gasteiger partial charge in [-0.3, -0.25) is 4.79 Å². The Morgan fingerprint density at radius 3 is 2.23 bits per heavy atom. The Morgan fingerprint density at radius 2 is 1.57 bits per heavy atom. The molecule has 0 N–H and O–H groups in total. The molecule has 0 aliphatic carbocycles. The molecule has 5 nitrogen and oxygen atoms in total. The Morgan fingerprint density at radius 1 is 0.857 bits per heavy atom. The lowest BCUT2D eigenvalue weighted by Gasteiger charge is -2.37. The van der Waals surface area contributed by atoms with Crippen LogP contribution in [0.1, 0.15) is 36.8 Å². The van der Waals surface area contributed by atoms with E-state index in [1.165, 1.54) is 16.0 Å². The van der Waals surface area contributed by atoms with Gasteiger partial charge in [0.25, 0.3) is 0 Å². The largest absolute Gasteiger partial charge is 0.355 e. The molecule has 3 heterocycles. The summed E-state index contributed by atoms with van der Waals surface area (Å²) in [6, 6.07) is 23.3. The highest BCUT2D eigenvalue weighted by Gasteiger charge is 2.31. The molecule has 2 aliphatic heterocycles. The summed E-state index contributed by atoms with van der Waals surface area (Å²) >= 11 is 1.63. The van der Waals surface area contributed by atoms with Gasteiger partial charge in [-0.1, -0.05) is 59.8 Å². The minimum Gasteiger partial charge on any atom is -0.355 e. The highest BCUT2D eigenvalue weighted by atomic mass is 32.2. The molecule has 0 unspecified atom stereocenters. The normalized spacial score (nSPS) is 17.5. The molecule has 3 aromatic rings. The predicted octanol–water partition coefficient (Wildman–Crippen LogP) is 5.63. The lowest BCUT2D eigenvalue weighted by molar-refractivity contribution is -0.137. The molecule has 0 spiro atoms. The van der Waals surface area contributed by atoms with Gasteiger partial charge in [0.1, 0.15) is 5.03 Å². The third kappa shape index (κ3) is 6.23. The number of carbonyl (C=O) groups is 1. The van der Waals surface area contributed by atoms with Crippen molar-refractivity contribution in [3.05, 3.63) is 77.9 Å². The molecule has 0 bridgehead atoms. The molecule has 6 heteroatoms. The molecular formula is C29H34N4OS. The summed E-state index contributed by atoms with van der Waals surface area (Å²) in [7, 11) is 0. The number of hydrogen-bond acceptors (Lipinski definition) is 5. The van der Waals surface area contributed by atoms with Crippen LogP contribution in [0.4, 0.5) is 5.82 Å². The van der Waals surface area contributed by atoms with E-state index in [1.807, 2.05) is 6.07 Å².